The SMILES string of the molecule is Cc1nn(C)c2sc(C(=O)N(Cc3cccs3)C3CC3)cc12. The van der Waals surface area contributed by atoms with Crippen LogP contribution in [0.5, 0.6) is 0 Å². The number of hydrogen-bond acceptors (Lipinski definition) is 4. The van der Waals surface area contributed by atoms with Crippen molar-refractivity contribution in [3.8, 4) is 0 Å². The molecular weight excluding hydrogens is 314 g/mol. The summed E-state index contributed by atoms with van der Waals surface area (Å²) >= 11 is 3.27. The number of hydrogen-bond donors (Lipinski definition) is 0. The van der Waals surface area contributed by atoms with Crippen LogP contribution in [0.1, 0.15) is 33.1 Å². The lowest BCUT2D eigenvalue weighted by atomic mass is 10.3. The zero-order chi connectivity index (χ0) is 15.3. The number of carbonyl (C=O) groups is 1. The highest BCUT2D eigenvalue weighted by Gasteiger charge is 2.34. The zero-order valence-corrected chi connectivity index (χ0v) is 14.2. The van der Waals surface area contributed by atoms with E-state index in [0.29, 0.717) is 6.04 Å². The highest BCUT2D eigenvalue weighted by molar-refractivity contribution is 7.20. The molecule has 3 heterocycles. The summed E-state index contributed by atoms with van der Waals surface area (Å²) in [5.74, 6) is 0.163. The lowest BCUT2D eigenvalue weighted by molar-refractivity contribution is 0.0736. The molecule has 0 N–H and O–H groups in total. The van der Waals surface area contributed by atoms with E-state index in [1.807, 2.05) is 35.7 Å². The largest absolute Gasteiger partial charge is 0.330 e. The van der Waals surface area contributed by atoms with E-state index in [-0.39, 0.29) is 5.91 Å². The first-order valence-corrected chi connectivity index (χ1v) is 9.09. The summed E-state index contributed by atoms with van der Waals surface area (Å²) in [6.07, 6.45) is 2.26. The first kappa shape index (κ1) is 14.0. The van der Waals surface area contributed by atoms with Crippen LogP contribution in [-0.2, 0) is 13.6 Å². The van der Waals surface area contributed by atoms with Gasteiger partial charge in [-0.2, -0.15) is 5.10 Å². The van der Waals surface area contributed by atoms with Crippen LogP contribution in [0.3, 0.4) is 0 Å². The van der Waals surface area contributed by atoms with Gasteiger partial charge in [-0.25, -0.2) is 0 Å². The number of aryl methyl sites for hydroxylation is 2. The maximum atomic E-state index is 13.0. The van der Waals surface area contributed by atoms with Crippen LogP contribution in [0.4, 0.5) is 0 Å². The van der Waals surface area contributed by atoms with Gasteiger partial charge in [0, 0.05) is 23.4 Å². The predicted octanol–water partition coefficient (Wildman–Crippen LogP) is 3.81. The van der Waals surface area contributed by atoms with E-state index in [4.69, 9.17) is 0 Å². The Morgan fingerprint density at radius 3 is 2.95 bits per heavy atom. The quantitative estimate of drug-likeness (QED) is 0.729. The number of carbonyl (C=O) groups excluding carboxylic acids is 1. The van der Waals surface area contributed by atoms with Crippen LogP contribution in [0.2, 0.25) is 0 Å². The average molecular weight is 331 g/mol. The van der Waals surface area contributed by atoms with Gasteiger partial charge in [-0.1, -0.05) is 6.07 Å². The molecule has 1 saturated carbocycles. The van der Waals surface area contributed by atoms with Gasteiger partial charge in [-0.15, -0.1) is 22.7 Å². The lowest BCUT2D eigenvalue weighted by Crippen LogP contribution is -2.31. The molecule has 3 aromatic heterocycles. The number of fused-ring (bicyclic) bond motifs is 1. The van der Waals surface area contributed by atoms with Gasteiger partial charge in [0.2, 0.25) is 0 Å². The molecule has 1 amide bonds. The average Bonchev–Trinajstić information content (AvgIpc) is 2.95. The molecule has 0 aliphatic heterocycles. The van der Waals surface area contributed by atoms with Crippen LogP contribution < -0.4 is 0 Å². The van der Waals surface area contributed by atoms with Crippen LogP contribution >= 0.6 is 22.7 Å². The summed E-state index contributed by atoms with van der Waals surface area (Å²) in [6.45, 7) is 2.72. The van der Waals surface area contributed by atoms with E-state index in [9.17, 15) is 4.79 Å². The molecule has 1 aliphatic carbocycles. The predicted molar refractivity (Wildman–Crippen MR) is 90.5 cm³/mol. The second kappa shape index (κ2) is 5.21. The van der Waals surface area contributed by atoms with E-state index in [1.54, 1.807) is 22.7 Å². The second-order valence-electron chi connectivity index (χ2n) is 5.78. The Hall–Kier alpha value is -1.66. The van der Waals surface area contributed by atoms with Crippen molar-refractivity contribution in [1.29, 1.82) is 0 Å². The molecule has 0 radical (unpaired) electrons. The van der Waals surface area contributed by atoms with Gasteiger partial charge < -0.3 is 4.90 Å². The van der Waals surface area contributed by atoms with E-state index < -0.39 is 0 Å². The molecule has 0 spiro atoms. The molecule has 0 atom stereocenters. The van der Waals surface area contributed by atoms with Gasteiger partial charge in [0.05, 0.1) is 17.1 Å². The summed E-state index contributed by atoms with van der Waals surface area (Å²) in [7, 11) is 1.93. The maximum Gasteiger partial charge on any atom is 0.264 e. The molecule has 1 aliphatic rings. The Kier molecular flexibility index (Phi) is 3.31. The van der Waals surface area contributed by atoms with Crippen LogP contribution in [-0.4, -0.2) is 26.6 Å². The highest BCUT2D eigenvalue weighted by atomic mass is 32.1. The molecule has 114 valence electrons. The summed E-state index contributed by atoms with van der Waals surface area (Å²) in [6, 6.07) is 6.57. The molecule has 0 bridgehead atoms. The third kappa shape index (κ3) is 2.36. The van der Waals surface area contributed by atoms with Crippen molar-refractivity contribution in [3.05, 3.63) is 39.0 Å². The fraction of sp³-hybridized carbons (Fsp3) is 0.375. The van der Waals surface area contributed by atoms with Crippen molar-refractivity contribution in [2.24, 2.45) is 7.05 Å². The Balaban J connectivity index is 1.66. The lowest BCUT2D eigenvalue weighted by Gasteiger charge is -2.21. The standard InChI is InChI=1S/C16H17N3OS2/c1-10-13-8-14(22-16(13)18(2)17-10)15(20)19(11-5-6-11)9-12-4-3-7-21-12/h3-4,7-8,11H,5-6,9H2,1-2H3. The molecule has 0 unspecified atom stereocenters. The highest BCUT2D eigenvalue weighted by Crippen LogP contribution is 2.34. The molecule has 4 nitrogen and oxygen atoms in total. The summed E-state index contributed by atoms with van der Waals surface area (Å²) in [5, 5.41) is 7.58. The van der Waals surface area contributed by atoms with E-state index in [2.05, 4.69) is 16.5 Å². The van der Waals surface area contributed by atoms with Gasteiger partial charge in [0.1, 0.15) is 4.83 Å². The van der Waals surface area contributed by atoms with Crippen LogP contribution in [0.25, 0.3) is 10.2 Å². The van der Waals surface area contributed by atoms with Crippen molar-refractivity contribution in [3.63, 3.8) is 0 Å². The minimum Gasteiger partial charge on any atom is -0.330 e. The van der Waals surface area contributed by atoms with Gasteiger partial charge in [0.25, 0.3) is 5.91 Å². The Morgan fingerprint density at radius 1 is 1.50 bits per heavy atom. The van der Waals surface area contributed by atoms with Gasteiger partial charge >= 0.3 is 0 Å². The molecule has 0 saturated heterocycles. The van der Waals surface area contributed by atoms with Gasteiger partial charge in [-0.3, -0.25) is 9.48 Å². The van der Waals surface area contributed by atoms with Crippen LogP contribution in [0, 0.1) is 6.92 Å². The molecule has 0 aromatic carbocycles. The Bertz CT molecular complexity index is 793. The fourth-order valence-electron chi connectivity index (χ4n) is 2.78. The first-order chi connectivity index (χ1) is 10.6. The van der Waals surface area contributed by atoms with Crippen LogP contribution in [0.15, 0.2) is 23.6 Å². The first-order valence-electron chi connectivity index (χ1n) is 7.40. The van der Waals surface area contributed by atoms with Crippen molar-refractivity contribution in [2.75, 3.05) is 0 Å². The molecular formula is C16H17N3OS2. The minimum atomic E-state index is 0.163. The smallest absolute Gasteiger partial charge is 0.264 e. The number of rotatable bonds is 4. The van der Waals surface area contributed by atoms with E-state index in [0.717, 1.165) is 40.2 Å². The topological polar surface area (TPSA) is 38.1 Å². The summed E-state index contributed by atoms with van der Waals surface area (Å²) in [4.78, 5) is 18.1. The monoisotopic (exact) mass is 331 g/mol. The molecule has 1 fully saturated rings. The summed E-state index contributed by atoms with van der Waals surface area (Å²) < 4.78 is 1.87. The third-order valence-corrected chi connectivity index (χ3v) is 6.11. The maximum absolute atomic E-state index is 13.0. The van der Waals surface area contributed by atoms with Crippen molar-refractivity contribution in [2.45, 2.75) is 32.4 Å². The molecule has 4 rings (SSSR count). The van der Waals surface area contributed by atoms with Crippen molar-refractivity contribution < 1.29 is 4.79 Å². The third-order valence-electron chi connectivity index (χ3n) is 4.06. The minimum absolute atomic E-state index is 0.163. The molecule has 6 heteroatoms. The zero-order valence-electron chi connectivity index (χ0n) is 12.6. The molecule has 3 aromatic rings. The second-order valence-corrected chi connectivity index (χ2v) is 7.84. The molecule has 22 heavy (non-hydrogen) atoms. The van der Waals surface area contributed by atoms with E-state index in [1.165, 1.54) is 4.88 Å². The van der Waals surface area contributed by atoms with Crippen molar-refractivity contribution >= 4 is 38.8 Å². The number of thiophene rings is 2. The number of amides is 1. The van der Waals surface area contributed by atoms with E-state index >= 15 is 0 Å². The summed E-state index contributed by atoms with van der Waals surface area (Å²) in [5.41, 5.74) is 0.990. The van der Waals surface area contributed by atoms with Crippen molar-refractivity contribution in [1.82, 2.24) is 14.7 Å². The van der Waals surface area contributed by atoms with Gasteiger partial charge in [0.15, 0.2) is 0 Å². The Labute approximate surface area is 137 Å². The number of nitrogens with zero attached hydrogens (tertiary/aromatic N) is 3. The van der Waals surface area contributed by atoms with Gasteiger partial charge in [-0.05, 0) is 37.3 Å². The number of aromatic nitrogens is 2. The fourth-order valence-corrected chi connectivity index (χ4v) is 4.56. The Morgan fingerprint density at radius 2 is 2.32 bits per heavy atom. The normalized spacial score (nSPS) is 14.6.